The van der Waals surface area contributed by atoms with Gasteiger partial charge in [0.15, 0.2) is 0 Å². The number of carbonyl (C=O) groups excluding carboxylic acids is 3. The number of rotatable bonds is 8. The molecule has 4 bridgehead atoms. The van der Waals surface area contributed by atoms with Gasteiger partial charge in [0, 0.05) is 5.88 Å². The van der Waals surface area contributed by atoms with E-state index < -0.39 is 28.7 Å². The lowest BCUT2D eigenvalue weighted by Crippen LogP contribution is -2.55. The number of hydrogen-bond acceptors (Lipinski definition) is 5. The molecule has 0 aliphatic heterocycles. The first-order chi connectivity index (χ1) is 12.3. The average Bonchev–Trinajstić information content (AvgIpc) is 2.58. The van der Waals surface area contributed by atoms with Gasteiger partial charge in [-0.1, -0.05) is 6.42 Å². The van der Waals surface area contributed by atoms with Gasteiger partial charge < -0.3 is 9.47 Å². The summed E-state index contributed by atoms with van der Waals surface area (Å²) in [6.07, 6.45) is 7.92. The molecule has 0 aromatic carbocycles. The number of Topliss-reactive ketones (excluding diaryl/α,β-unsaturated/α-hetero) is 1. The minimum atomic E-state index is -1.50. The second kappa shape index (κ2) is 7.49. The van der Waals surface area contributed by atoms with Gasteiger partial charge in [0.25, 0.3) is 5.78 Å². The number of carbonyl (C=O) groups is 3. The zero-order chi connectivity index (χ0) is 18.9. The highest BCUT2D eigenvalue weighted by atomic mass is 35.5. The number of ketones is 1. The van der Waals surface area contributed by atoms with E-state index in [4.69, 9.17) is 16.3 Å². The summed E-state index contributed by atoms with van der Waals surface area (Å²) in [4.78, 5) is 37.6. The van der Waals surface area contributed by atoms with Crippen molar-refractivity contribution in [3.8, 4) is 0 Å². The molecule has 0 aromatic rings. The van der Waals surface area contributed by atoms with Crippen LogP contribution < -0.4 is 0 Å². The van der Waals surface area contributed by atoms with E-state index in [1.54, 1.807) is 0 Å². The molecule has 5 nitrogen and oxygen atoms in total. The maximum absolute atomic E-state index is 13.1. The zero-order valence-electron chi connectivity index (χ0n) is 15.7. The summed E-state index contributed by atoms with van der Waals surface area (Å²) >= 11 is 5.73. The Morgan fingerprint density at radius 3 is 2.04 bits per heavy atom. The molecule has 0 saturated heterocycles. The number of hydrogen-bond donors (Lipinski definition) is 0. The zero-order valence-corrected chi connectivity index (χ0v) is 16.5. The lowest BCUT2D eigenvalue weighted by atomic mass is 9.54. The second-order valence-electron chi connectivity index (χ2n) is 8.79. The van der Waals surface area contributed by atoms with Crippen LogP contribution >= 0.6 is 11.6 Å². The molecule has 1 atom stereocenters. The Morgan fingerprint density at radius 2 is 1.58 bits per heavy atom. The summed E-state index contributed by atoms with van der Waals surface area (Å²) in [5, 5.41) is 0. The van der Waals surface area contributed by atoms with E-state index in [0.29, 0.717) is 36.5 Å². The van der Waals surface area contributed by atoms with Crippen LogP contribution in [0.15, 0.2) is 0 Å². The molecule has 0 amide bonds. The molecule has 4 fully saturated rings. The van der Waals surface area contributed by atoms with E-state index in [2.05, 4.69) is 4.74 Å². The first-order valence-corrected chi connectivity index (χ1v) is 10.3. The van der Waals surface area contributed by atoms with Crippen LogP contribution in [0.1, 0.15) is 64.7 Å². The summed E-state index contributed by atoms with van der Waals surface area (Å²) in [5.74, 6) is -0.0184. The Hall–Kier alpha value is -1.10. The minimum absolute atomic E-state index is 0.249. The normalized spacial score (nSPS) is 34.2. The van der Waals surface area contributed by atoms with E-state index in [1.165, 1.54) is 26.2 Å². The lowest BCUT2D eigenvalue weighted by Gasteiger charge is -2.56. The number of ether oxygens (including phenoxy) is 2. The number of halogens is 1. The topological polar surface area (TPSA) is 69.7 Å². The highest BCUT2D eigenvalue weighted by molar-refractivity contribution is 6.39. The third-order valence-corrected chi connectivity index (χ3v) is 6.94. The van der Waals surface area contributed by atoms with Gasteiger partial charge in [0.2, 0.25) is 0 Å². The summed E-state index contributed by atoms with van der Waals surface area (Å²) in [6, 6.07) is 0. The first-order valence-electron chi connectivity index (χ1n) is 9.74. The quantitative estimate of drug-likeness (QED) is 0.210. The third-order valence-electron chi connectivity index (χ3n) is 6.67. The van der Waals surface area contributed by atoms with Gasteiger partial charge in [-0.05, 0) is 76.0 Å². The van der Waals surface area contributed by atoms with Crippen molar-refractivity contribution in [1.82, 2.24) is 0 Å². The van der Waals surface area contributed by atoms with Crippen LogP contribution in [0.4, 0.5) is 0 Å². The standard InChI is InChI=1S/C20H29ClO5/c1-19(5-3-4-6-21,16(22)17(23)25-2)18(24)26-20-10-13-7-14(11-20)9-15(8-13)12-20/h13-15H,3-12H2,1-2H3/t13?,14?,15?,19-,20?/m0/s1. The number of methoxy groups -OCH3 is 1. The predicted molar refractivity (Wildman–Crippen MR) is 96.7 cm³/mol. The van der Waals surface area contributed by atoms with Crippen LogP contribution in [0.3, 0.4) is 0 Å². The van der Waals surface area contributed by atoms with Gasteiger partial charge in [-0.15, -0.1) is 11.6 Å². The van der Waals surface area contributed by atoms with Crippen molar-refractivity contribution < 1.29 is 23.9 Å². The molecule has 0 radical (unpaired) electrons. The average molecular weight is 385 g/mol. The maximum atomic E-state index is 13.1. The molecular weight excluding hydrogens is 356 g/mol. The molecule has 0 N–H and O–H groups in total. The fourth-order valence-corrected chi connectivity index (χ4v) is 5.85. The minimum Gasteiger partial charge on any atom is -0.463 e. The Bertz CT molecular complexity index is 551. The van der Waals surface area contributed by atoms with E-state index in [9.17, 15) is 14.4 Å². The summed E-state index contributed by atoms with van der Waals surface area (Å²) in [7, 11) is 1.16. The van der Waals surface area contributed by atoms with Crippen LogP contribution in [-0.2, 0) is 23.9 Å². The van der Waals surface area contributed by atoms with Crippen molar-refractivity contribution in [2.24, 2.45) is 23.2 Å². The molecule has 4 aliphatic rings. The SMILES string of the molecule is COC(=O)C(=O)[C@](C)(CCCCCl)C(=O)OC12CC3CC(CC(C3)C1)C2. The second-order valence-corrected chi connectivity index (χ2v) is 9.17. The molecule has 4 aliphatic carbocycles. The lowest BCUT2D eigenvalue weighted by molar-refractivity contribution is -0.198. The third kappa shape index (κ3) is 3.64. The Kier molecular flexibility index (Phi) is 5.66. The van der Waals surface area contributed by atoms with Gasteiger partial charge in [-0.2, -0.15) is 0 Å². The van der Waals surface area contributed by atoms with Crippen LogP contribution in [0.2, 0.25) is 0 Å². The summed E-state index contributed by atoms with van der Waals surface area (Å²) in [6.45, 7) is 1.52. The van der Waals surface area contributed by atoms with E-state index in [-0.39, 0.29) is 6.42 Å². The summed E-state index contributed by atoms with van der Waals surface area (Å²) < 4.78 is 10.6. The molecule has 4 saturated carbocycles. The molecule has 0 spiro atoms. The van der Waals surface area contributed by atoms with Crippen molar-refractivity contribution in [3.63, 3.8) is 0 Å². The number of esters is 2. The number of alkyl halides is 1. The van der Waals surface area contributed by atoms with Crippen LogP contribution in [0, 0.1) is 23.2 Å². The van der Waals surface area contributed by atoms with Crippen molar-refractivity contribution in [3.05, 3.63) is 0 Å². The van der Waals surface area contributed by atoms with Crippen LogP contribution in [0.25, 0.3) is 0 Å². The Balaban J connectivity index is 1.76. The molecular formula is C20H29ClO5. The van der Waals surface area contributed by atoms with Crippen molar-refractivity contribution in [2.45, 2.75) is 70.3 Å². The maximum Gasteiger partial charge on any atom is 0.375 e. The largest absolute Gasteiger partial charge is 0.463 e. The van der Waals surface area contributed by atoms with Gasteiger partial charge in [0.1, 0.15) is 11.0 Å². The van der Waals surface area contributed by atoms with E-state index in [1.807, 2.05) is 0 Å². The van der Waals surface area contributed by atoms with Gasteiger partial charge in [0.05, 0.1) is 7.11 Å². The fraction of sp³-hybridized carbons (Fsp3) is 0.850. The molecule has 6 heteroatoms. The molecule has 0 aromatic heterocycles. The highest BCUT2D eigenvalue weighted by Gasteiger charge is 2.56. The van der Waals surface area contributed by atoms with Crippen molar-refractivity contribution >= 4 is 29.3 Å². The van der Waals surface area contributed by atoms with Crippen molar-refractivity contribution in [1.29, 1.82) is 0 Å². The van der Waals surface area contributed by atoms with E-state index in [0.717, 1.165) is 26.4 Å². The van der Waals surface area contributed by atoms with E-state index >= 15 is 0 Å². The van der Waals surface area contributed by atoms with Gasteiger partial charge in [-0.25, -0.2) is 4.79 Å². The van der Waals surface area contributed by atoms with Gasteiger partial charge >= 0.3 is 11.9 Å². The molecule has 26 heavy (non-hydrogen) atoms. The monoisotopic (exact) mass is 384 g/mol. The predicted octanol–water partition coefficient (Wildman–Crippen LogP) is 3.66. The summed E-state index contributed by atoms with van der Waals surface area (Å²) in [5.41, 5.74) is -1.93. The molecule has 146 valence electrons. The molecule has 4 rings (SSSR count). The Morgan fingerprint density at radius 1 is 1.04 bits per heavy atom. The first kappa shape index (κ1) is 19.7. The Labute approximate surface area is 160 Å². The van der Waals surface area contributed by atoms with Gasteiger partial charge in [-0.3, -0.25) is 9.59 Å². The molecule has 0 heterocycles. The van der Waals surface area contributed by atoms with Crippen LogP contribution in [-0.4, -0.2) is 36.3 Å². The smallest absolute Gasteiger partial charge is 0.375 e. The van der Waals surface area contributed by atoms with Crippen LogP contribution in [0.5, 0.6) is 0 Å². The van der Waals surface area contributed by atoms with Crippen molar-refractivity contribution in [2.75, 3.05) is 13.0 Å². The molecule has 0 unspecified atom stereocenters. The number of unbranched alkanes of at least 4 members (excludes halogenated alkanes) is 1. The highest BCUT2D eigenvalue weighted by Crippen LogP contribution is 2.57. The fourth-order valence-electron chi connectivity index (χ4n) is 5.66.